The summed E-state index contributed by atoms with van der Waals surface area (Å²) in [5.74, 6) is -1.30. The molecule has 4 aromatic carbocycles. The van der Waals surface area contributed by atoms with Crippen molar-refractivity contribution in [2.75, 3.05) is 30.1 Å². The third-order valence-electron chi connectivity index (χ3n) is 12.4. The number of urea groups is 1. The summed E-state index contributed by atoms with van der Waals surface area (Å²) >= 11 is 0. The fourth-order valence-electron chi connectivity index (χ4n) is 9.13. The minimum atomic E-state index is -5.66. The lowest BCUT2D eigenvalue weighted by Crippen LogP contribution is -2.71. The number of fused-ring (bicyclic) bond motifs is 1. The molecule has 384 valence electrons. The number of benzene rings is 4. The van der Waals surface area contributed by atoms with Crippen LogP contribution in [0.5, 0.6) is 0 Å². The summed E-state index contributed by atoms with van der Waals surface area (Å²) in [7, 11) is -17.3. The number of carbonyl (C=O) groups is 1. The van der Waals surface area contributed by atoms with Gasteiger partial charge in [-0.2, -0.15) is 25.3 Å². The van der Waals surface area contributed by atoms with Crippen molar-refractivity contribution in [3.63, 3.8) is 0 Å². The zero-order chi connectivity index (χ0) is 51.2. The van der Waals surface area contributed by atoms with Crippen molar-refractivity contribution in [1.29, 1.82) is 0 Å². The number of anilines is 2. The molecule has 4 aromatic rings. The Morgan fingerprint density at radius 1 is 0.714 bits per heavy atom. The molecule has 1 aliphatic heterocycles. The lowest BCUT2D eigenvalue weighted by atomic mass is 9.69. The van der Waals surface area contributed by atoms with Gasteiger partial charge in [0.2, 0.25) is 0 Å². The zero-order valence-electron chi connectivity index (χ0n) is 38.5. The summed E-state index contributed by atoms with van der Waals surface area (Å²) in [4.78, 5) is 16.1. The van der Waals surface area contributed by atoms with E-state index in [0.717, 1.165) is 6.42 Å². The van der Waals surface area contributed by atoms with E-state index in [2.05, 4.69) is 10.6 Å². The van der Waals surface area contributed by atoms with E-state index < -0.39 is 114 Å². The van der Waals surface area contributed by atoms with Crippen LogP contribution >= 0.6 is 0 Å². The molecule has 6 rings (SSSR count). The van der Waals surface area contributed by atoms with Gasteiger partial charge in [0.05, 0.1) is 36.0 Å². The van der Waals surface area contributed by atoms with Gasteiger partial charge in [0.15, 0.2) is 9.84 Å². The molecular formula is C45H57N3O18S4. The van der Waals surface area contributed by atoms with E-state index in [9.17, 15) is 57.2 Å². The van der Waals surface area contributed by atoms with Crippen LogP contribution < -0.4 is 15.5 Å². The van der Waals surface area contributed by atoms with E-state index >= 15 is 0 Å². The van der Waals surface area contributed by atoms with Crippen molar-refractivity contribution < 1.29 is 79.3 Å². The number of unbranched alkanes of at least 4 members (excludes halogenated alkanes) is 1. The normalized spacial score (nSPS) is 25.8. The summed E-state index contributed by atoms with van der Waals surface area (Å²) < 4.78 is 161. The Balaban J connectivity index is 1.46. The van der Waals surface area contributed by atoms with E-state index in [4.69, 9.17) is 22.0 Å². The molecule has 21 nitrogen and oxygen atoms in total. The third kappa shape index (κ3) is 13.9. The minimum absolute atomic E-state index is 0.00641. The van der Waals surface area contributed by atoms with E-state index in [1.165, 1.54) is 24.3 Å². The van der Waals surface area contributed by atoms with Crippen LogP contribution in [0.15, 0.2) is 108 Å². The second-order valence-corrected chi connectivity index (χ2v) is 22.5. The second-order valence-electron chi connectivity index (χ2n) is 17.4. The van der Waals surface area contributed by atoms with E-state index in [1.54, 1.807) is 97.9 Å². The van der Waals surface area contributed by atoms with Gasteiger partial charge in [-0.1, -0.05) is 99.5 Å². The van der Waals surface area contributed by atoms with Crippen molar-refractivity contribution in [1.82, 2.24) is 5.32 Å². The summed E-state index contributed by atoms with van der Waals surface area (Å²) in [5.41, 5.74) is 1.05. The van der Waals surface area contributed by atoms with Crippen LogP contribution in [0.1, 0.15) is 67.7 Å². The van der Waals surface area contributed by atoms with Crippen LogP contribution in [0.25, 0.3) is 0 Å². The predicted molar refractivity (Wildman–Crippen MR) is 255 cm³/mol. The lowest BCUT2D eigenvalue weighted by molar-refractivity contribution is -0.206. The molecule has 1 heterocycles. The number of amides is 2. The number of sulfone groups is 1. The third-order valence-corrected chi connectivity index (χ3v) is 15.8. The number of rotatable bonds is 20. The average Bonchev–Trinajstić information content (AvgIpc) is 3.35. The Bertz CT molecular complexity index is 2810. The van der Waals surface area contributed by atoms with Crippen LogP contribution in [0.3, 0.4) is 0 Å². The minimum Gasteiger partial charge on any atom is -0.392 e. The van der Waals surface area contributed by atoms with Gasteiger partial charge in [0.1, 0.15) is 30.5 Å². The number of nitrogens with zero attached hydrogens (tertiary/aromatic N) is 1. The standard InChI is InChI=1S/C45H57N3O18S4/c1-5-7-23-45(6-2)28-67(51,52)35-22-21-33(48(3)4)25-34(35)36(43(45)49)31-19-14-20-32(24-31)46-44(50)47-37-38(64-68(53,54)55)40(62-26-29-15-10-8-11-16-29)42(66-70(59,60)61)41(39(37)65-69(56,57)58)63-27-30-17-12-9-13-18-30/h8-22,24-25,36-43,49H,5-7,23,26-28H2,1-4H3,(H2,46,47,50)(H,53,54,55)(H,56,57,58)(H,59,60,61)/t36-,37?,38-,39+,40+,41-,42?,43-,45-/m1/s1. The number of hydrogen-bond acceptors (Lipinski definition) is 16. The molecule has 0 aromatic heterocycles. The monoisotopic (exact) mass is 1060 g/mol. The Labute approximate surface area is 408 Å². The van der Waals surface area contributed by atoms with Gasteiger partial charge < -0.3 is 30.1 Å². The smallest absolute Gasteiger partial charge is 0.392 e. The zero-order valence-corrected chi connectivity index (χ0v) is 41.7. The quantitative estimate of drug-likeness (QED) is 0.0644. The van der Waals surface area contributed by atoms with Crippen LogP contribution in [-0.2, 0) is 76.3 Å². The van der Waals surface area contributed by atoms with E-state index in [-0.39, 0.29) is 16.3 Å². The molecular weight excluding hydrogens is 999 g/mol. The maximum Gasteiger partial charge on any atom is 0.397 e. The largest absolute Gasteiger partial charge is 0.397 e. The van der Waals surface area contributed by atoms with Crippen LogP contribution in [-0.4, -0.2) is 121 Å². The fourth-order valence-corrected chi connectivity index (χ4v) is 12.9. The molecule has 1 fully saturated rings. The van der Waals surface area contributed by atoms with Gasteiger partial charge in [-0.05, 0) is 65.4 Å². The fraction of sp³-hybridized carbons (Fsp3) is 0.444. The first-order valence-corrected chi connectivity index (χ1v) is 27.8. The maximum atomic E-state index is 14.3. The summed E-state index contributed by atoms with van der Waals surface area (Å²) in [5, 5.41) is 17.4. The number of aliphatic hydroxyl groups is 1. The second kappa shape index (κ2) is 22.4. The molecule has 0 saturated heterocycles. The Morgan fingerprint density at radius 2 is 1.24 bits per heavy atom. The Hall–Kier alpha value is -4.61. The number of ether oxygens (including phenoxy) is 2. The van der Waals surface area contributed by atoms with E-state index in [0.29, 0.717) is 47.2 Å². The Kier molecular flexibility index (Phi) is 17.5. The summed E-state index contributed by atoms with van der Waals surface area (Å²) in [6, 6.07) is 23.5. The van der Waals surface area contributed by atoms with Gasteiger partial charge in [0, 0.05) is 36.8 Å². The first kappa shape index (κ1) is 54.7. The highest BCUT2D eigenvalue weighted by Crippen LogP contribution is 2.49. The molecule has 0 radical (unpaired) electrons. The van der Waals surface area contributed by atoms with Crippen molar-refractivity contribution in [2.45, 2.75) is 106 Å². The van der Waals surface area contributed by atoms with Gasteiger partial charge in [-0.15, -0.1) is 0 Å². The molecule has 2 aliphatic rings. The van der Waals surface area contributed by atoms with E-state index in [1.807, 2.05) is 13.8 Å². The van der Waals surface area contributed by atoms with Crippen molar-refractivity contribution >= 4 is 58.4 Å². The van der Waals surface area contributed by atoms with Gasteiger partial charge >= 0.3 is 37.2 Å². The van der Waals surface area contributed by atoms with Gasteiger partial charge in [0.25, 0.3) is 0 Å². The first-order valence-electron chi connectivity index (χ1n) is 22.0. The van der Waals surface area contributed by atoms with Crippen molar-refractivity contribution in [3.05, 3.63) is 125 Å². The topological polar surface area (TPSA) is 308 Å². The van der Waals surface area contributed by atoms with Gasteiger partial charge in [-0.25, -0.2) is 25.8 Å². The number of aliphatic hydroxyl groups excluding tert-OH is 1. The first-order chi connectivity index (χ1) is 32.8. The number of hydrogen-bond donors (Lipinski definition) is 6. The highest BCUT2D eigenvalue weighted by Gasteiger charge is 2.59. The number of carbonyl (C=O) groups excluding carboxylic acids is 1. The van der Waals surface area contributed by atoms with Crippen molar-refractivity contribution in [2.24, 2.45) is 5.41 Å². The molecule has 0 spiro atoms. The summed E-state index contributed by atoms with van der Waals surface area (Å²) in [6.07, 6.45) is -10.6. The highest BCUT2D eigenvalue weighted by atomic mass is 32.3. The molecule has 70 heavy (non-hydrogen) atoms. The van der Waals surface area contributed by atoms with Gasteiger partial charge in [-0.3, -0.25) is 13.7 Å². The molecule has 1 saturated carbocycles. The SMILES string of the molecule is CCCC[C@]1(CC)CS(=O)(=O)c2ccc(N(C)C)cc2[C@@H](c2cccc(NC(=O)NC3[C@@H](OS(=O)(=O)O)[C@H](OCc4ccccc4)C(OS(=O)(=O)O)[C@H](OCc4ccccc4)[C@H]3OS(=O)(=O)O)c2)[C@H]1O. The van der Waals surface area contributed by atoms with Crippen LogP contribution in [0.4, 0.5) is 16.2 Å². The Morgan fingerprint density at radius 3 is 1.73 bits per heavy atom. The summed E-state index contributed by atoms with van der Waals surface area (Å²) in [6.45, 7) is 2.83. The molecule has 0 bridgehead atoms. The molecule has 2 unspecified atom stereocenters. The number of nitrogens with one attached hydrogen (secondary N) is 2. The van der Waals surface area contributed by atoms with Crippen LogP contribution in [0.2, 0.25) is 0 Å². The molecule has 25 heteroatoms. The lowest BCUT2D eigenvalue weighted by Gasteiger charge is -2.48. The molecule has 9 atom stereocenters. The average molecular weight is 1060 g/mol. The predicted octanol–water partition coefficient (Wildman–Crippen LogP) is 4.86. The van der Waals surface area contributed by atoms with Crippen LogP contribution in [0, 0.1) is 5.41 Å². The van der Waals surface area contributed by atoms with Crippen molar-refractivity contribution in [3.8, 4) is 0 Å². The highest BCUT2D eigenvalue weighted by molar-refractivity contribution is 7.91. The molecule has 2 amide bonds. The maximum absolute atomic E-state index is 14.3. The molecule has 1 aliphatic carbocycles. The molecule has 6 N–H and O–H groups in total.